The summed E-state index contributed by atoms with van der Waals surface area (Å²) in [4.78, 5) is 22.1. The average molecular weight is 298 g/mol. The van der Waals surface area contributed by atoms with Gasteiger partial charge in [-0.15, -0.1) is 0 Å². The van der Waals surface area contributed by atoms with Gasteiger partial charge in [-0.3, -0.25) is 9.59 Å². The third kappa shape index (κ3) is 2.81. The highest BCUT2D eigenvalue weighted by atomic mass is 32.2. The van der Waals surface area contributed by atoms with Gasteiger partial charge in [-0.2, -0.15) is 4.72 Å². The topological polar surface area (TPSA) is 113 Å². The molecule has 0 saturated carbocycles. The van der Waals surface area contributed by atoms with Gasteiger partial charge in [0.2, 0.25) is 15.9 Å². The molecule has 108 valence electrons. The van der Waals surface area contributed by atoms with E-state index in [2.05, 4.69) is 10.0 Å². The molecule has 20 heavy (non-hydrogen) atoms. The third-order valence-corrected chi connectivity index (χ3v) is 4.49. The van der Waals surface area contributed by atoms with Crippen LogP contribution < -0.4 is 10.0 Å². The van der Waals surface area contributed by atoms with Gasteiger partial charge in [-0.1, -0.05) is 6.92 Å². The molecule has 0 radical (unpaired) electrons. The number of anilines is 1. The monoisotopic (exact) mass is 298 g/mol. The van der Waals surface area contributed by atoms with Crippen LogP contribution in [0.1, 0.15) is 18.9 Å². The van der Waals surface area contributed by atoms with Crippen LogP contribution in [0.5, 0.6) is 0 Å². The van der Waals surface area contributed by atoms with Crippen LogP contribution in [0.2, 0.25) is 0 Å². The highest BCUT2D eigenvalue weighted by Gasteiger charge is 2.26. The molecule has 2 rings (SSSR count). The number of nitrogens with one attached hydrogen (secondary N) is 2. The van der Waals surface area contributed by atoms with E-state index in [9.17, 15) is 18.0 Å². The quantitative estimate of drug-likeness (QED) is 0.724. The SMILES string of the molecule is CCC(NS(=O)(=O)c1ccc2c(c1)CC(=O)N2)C(=O)O. The average Bonchev–Trinajstić information content (AvgIpc) is 2.74. The molecule has 0 spiro atoms. The highest BCUT2D eigenvalue weighted by molar-refractivity contribution is 7.89. The Kier molecular flexibility index (Phi) is 3.78. The van der Waals surface area contributed by atoms with Crippen LogP contribution >= 0.6 is 0 Å². The van der Waals surface area contributed by atoms with Crippen molar-refractivity contribution in [2.75, 3.05) is 5.32 Å². The Morgan fingerprint density at radius 3 is 2.80 bits per heavy atom. The maximum absolute atomic E-state index is 12.1. The molecule has 7 nitrogen and oxygen atoms in total. The van der Waals surface area contributed by atoms with Crippen molar-refractivity contribution in [2.24, 2.45) is 0 Å². The molecule has 1 aliphatic rings. The summed E-state index contributed by atoms with van der Waals surface area (Å²) in [5, 5.41) is 11.5. The third-order valence-electron chi connectivity index (χ3n) is 3.02. The van der Waals surface area contributed by atoms with E-state index in [1.54, 1.807) is 6.92 Å². The van der Waals surface area contributed by atoms with Gasteiger partial charge in [-0.05, 0) is 30.2 Å². The van der Waals surface area contributed by atoms with E-state index < -0.39 is 22.0 Å². The fourth-order valence-electron chi connectivity index (χ4n) is 1.94. The number of carbonyl (C=O) groups excluding carboxylic acids is 1. The lowest BCUT2D eigenvalue weighted by atomic mass is 10.2. The number of rotatable bonds is 5. The summed E-state index contributed by atoms with van der Waals surface area (Å²) in [6, 6.07) is 3.04. The van der Waals surface area contributed by atoms with Crippen molar-refractivity contribution in [2.45, 2.75) is 30.7 Å². The number of sulfonamides is 1. The number of fused-ring (bicyclic) bond motifs is 1. The molecule has 1 aromatic rings. The van der Waals surface area contributed by atoms with E-state index in [1.165, 1.54) is 18.2 Å². The zero-order valence-electron chi connectivity index (χ0n) is 10.7. The molecule has 1 unspecified atom stereocenters. The van der Waals surface area contributed by atoms with Gasteiger partial charge < -0.3 is 10.4 Å². The number of hydrogen-bond donors (Lipinski definition) is 3. The standard InChI is InChI=1S/C12H14N2O5S/c1-2-9(12(16)17)14-20(18,19)8-3-4-10-7(5-8)6-11(15)13-10/h3-5,9,14H,2,6H2,1H3,(H,13,15)(H,16,17). The Morgan fingerprint density at radius 2 is 2.20 bits per heavy atom. The van der Waals surface area contributed by atoms with Gasteiger partial charge in [0, 0.05) is 5.69 Å². The lowest BCUT2D eigenvalue weighted by molar-refractivity contribution is -0.139. The minimum Gasteiger partial charge on any atom is -0.480 e. The van der Waals surface area contributed by atoms with Crippen LogP contribution in [0.15, 0.2) is 23.1 Å². The summed E-state index contributed by atoms with van der Waals surface area (Å²) in [5.74, 6) is -1.42. The molecule has 0 aromatic heterocycles. The molecule has 1 atom stereocenters. The lowest BCUT2D eigenvalue weighted by Gasteiger charge is -2.13. The van der Waals surface area contributed by atoms with Crippen LogP contribution in [-0.2, 0) is 26.0 Å². The number of carbonyl (C=O) groups is 2. The summed E-state index contributed by atoms with van der Waals surface area (Å²) in [6.45, 7) is 1.58. The highest BCUT2D eigenvalue weighted by Crippen LogP contribution is 2.25. The van der Waals surface area contributed by atoms with E-state index in [4.69, 9.17) is 5.11 Å². The van der Waals surface area contributed by atoms with E-state index in [0.717, 1.165) is 0 Å². The lowest BCUT2D eigenvalue weighted by Crippen LogP contribution is -2.40. The number of hydrogen-bond acceptors (Lipinski definition) is 4. The van der Waals surface area contributed by atoms with Crippen LogP contribution in [0.25, 0.3) is 0 Å². The predicted octanol–water partition coefficient (Wildman–Crippen LogP) is 0.323. The minimum atomic E-state index is -3.93. The van der Waals surface area contributed by atoms with Crippen molar-refractivity contribution in [3.05, 3.63) is 23.8 Å². The number of aliphatic carboxylic acids is 1. The van der Waals surface area contributed by atoms with Crippen molar-refractivity contribution in [3.8, 4) is 0 Å². The van der Waals surface area contributed by atoms with Crippen LogP contribution in [-0.4, -0.2) is 31.4 Å². The van der Waals surface area contributed by atoms with Crippen molar-refractivity contribution in [1.29, 1.82) is 0 Å². The predicted molar refractivity (Wildman–Crippen MR) is 70.8 cm³/mol. The fourth-order valence-corrected chi connectivity index (χ4v) is 3.26. The van der Waals surface area contributed by atoms with Crippen molar-refractivity contribution in [3.63, 3.8) is 0 Å². The number of carboxylic acid groups (broad SMARTS) is 1. The molecule has 1 amide bonds. The van der Waals surface area contributed by atoms with Gasteiger partial charge in [0.05, 0.1) is 11.3 Å². The molecule has 3 N–H and O–H groups in total. The Bertz CT molecular complexity index is 668. The first-order valence-corrected chi connectivity index (χ1v) is 7.49. The first kappa shape index (κ1) is 14.5. The molecular formula is C12H14N2O5S. The summed E-state index contributed by atoms with van der Waals surface area (Å²) in [6.07, 6.45) is 0.258. The number of amides is 1. The zero-order chi connectivity index (χ0) is 14.9. The molecule has 1 aromatic carbocycles. The van der Waals surface area contributed by atoms with E-state index >= 15 is 0 Å². The maximum atomic E-state index is 12.1. The summed E-state index contributed by atoms with van der Waals surface area (Å²) < 4.78 is 26.3. The summed E-state index contributed by atoms with van der Waals surface area (Å²) in [7, 11) is -3.93. The number of benzene rings is 1. The van der Waals surface area contributed by atoms with Crippen molar-refractivity contribution in [1.82, 2.24) is 4.72 Å². The molecule has 0 saturated heterocycles. The molecule has 8 heteroatoms. The molecule has 0 aliphatic carbocycles. The van der Waals surface area contributed by atoms with Gasteiger partial charge in [0.25, 0.3) is 0 Å². The second-order valence-electron chi connectivity index (χ2n) is 4.46. The maximum Gasteiger partial charge on any atom is 0.321 e. The Morgan fingerprint density at radius 1 is 1.50 bits per heavy atom. The van der Waals surface area contributed by atoms with Gasteiger partial charge in [0.1, 0.15) is 6.04 Å². The van der Waals surface area contributed by atoms with Crippen LogP contribution in [0, 0.1) is 0 Å². The molecule has 0 fully saturated rings. The zero-order valence-corrected chi connectivity index (χ0v) is 11.5. The van der Waals surface area contributed by atoms with E-state index in [-0.39, 0.29) is 23.6 Å². The second-order valence-corrected chi connectivity index (χ2v) is 6.18. The smallest absolute Gasteiger partial charge is 0.321 e. The summed E-state index contributed by atoms with van der Waals surface area (Å²) in [5.41, 5.74) is 1.17. The van der Waals surface area contributed by atoms with Crippen molar-refractivity contribution < 1.29 is 23.1 Å². The van der Waals surface area contributed by atoms with Gasteiger partial charge in [-0.25, -0.2) is 8.42 Å². The first-order chi connectivity index (χ1) is 9.33. The van der Waals surface area contributed by atoms with Crippen molar-refractivity contribution >= 4 is 27.6 Å². The first-order valence-electron chi connectivity index (χ1n) is 6.01. The van der Waals surface area contributed by atoms with Crippen LogP contribution in [0.4, 0.5) is 5.69 Å². The fraction of sp³-hybridized carbons (Fsp3) is 0.333. The van der Waals surface area contributed by atoms with Crippen LogP contribution in [0.3, 0.4) is 0 Å². The molecule has 1 aliphatic heterocycles. The Balaban J connectivity index is 2.29. The van der Waals surface area contributed by atoms with E-state index in [0.29, 0.717) is 11.3 Å². The van der Waals surface area contributed by atoms with Gasteiger partial charge in [0.15, 0.2) is 0 Å². The molecule has 1 heterocycles. The largest absolute Gasteiger partial charge is 0.480 e. The summed E-state index contributed by atoms with van der Waals surface area (Å²) >= 11 is 0. The Hall–Kier alpha value is -1.93. The normalized spacial score (nSPS) is 15.6. The van der Waals surface area contributed by atoms with Gasteiger partial charge >= 0.3 is 5.97 Å². The number of carboxylic acids is 1. The van der Waals surface area contributed by atoms with E-state index in [1.807, 2.05) is 0 Å². The Labute approximate surface area is 116 Å². The molecular weight excluding hydrogens is 284 g/mol. The second kappa shape index (κ2) is 5.22. The molecule has 0 bridgehead atoms. The minimum absolute atomic E-state index is 0.0487.